The first-order valence-corrected chi connectivity index (χ1v) is 15.2. The van der Waals surface area contributed by atoms with Crippen molar-refractivity contribution in [2.45, 2.75) is 30.2 Å². The summed E-state index contributed by atoms with van der Waals surface area (Å²) in [4.78, 5) is 12.5. The van der Waals surface area contributed by atoms with Crippen molar-refractivity contribution >= 4 is 31.6 Å². The number of nitrogens with zero attached hydrogens (tertiary/aromatic N) is 1. The van der Waals surface area contributed by atoms with E-state index in [1.54, 1.807) is 24.3 Å². The van der Waals surface area contributed by atoms with Gasteiger partial charge >= 0.3 is 0 Å². The van der Waals surface area contributed by atoms with E-state index < -0.39 is 20.0 Å². The zero-order valence-corrected chi connectivity index (χ0v) is 23.3. The number of hydrogen-bond donors (Lipinski definition) is 2. The Kier molecular flexibility index (Phi) is 8.90. The lowest BCUT2D eigenvalue weighted by molar-refractivity contribution is -0.123. The van der Waals surface area contributed by atoms with Crippen molar-refractivity contribution in [1.29, 1.82) is 0 Å². The first-order valence-electron chi connectivity index (χ1n) is 12.3. The minimum atomic E-state index is -3.78. The Bertz CT molecular complexity index is 1500. The Morgan fingerprint density at radius 3 is 2.08 bits per heavy atom. The number of aryl methyl sites for hydroxylation is 2. The number of amides is 1. The van der Waals surface area contributed by atoms with Crippen LogP contribution in [0.15, 0.2) is 76.5 Å². The van der Waals surface area contributed by atoms with Crippen molar-refractivity contribution in [3.63, 3.8) is 0 Å². The van der Waals surface area contributed by atoms with Crippen LogP contribution in [-0.4, -0.2) is 60.0 Å². The van der Waals surface area contributed by atoms with Crippen LogP contribution >= 0.6 is 0 Å². The first-order chi connectivity index (χ1) is 18.5. The number of morpholine rings is 1. The second-order valence-corrected chi connectivity index (χ2v) is 12.8. The number of ether oxygens (including phenoxy) is 2. The van der Waals surface area contributed by atoms with E-state index in [0.717, 1.165) is 16.7 Å². The molecule has 0 unspecified atom stereocenters. The van der Waals surface area contributed by atoms with Crippen LogP contribution in [0.4, 0.5) is 5.69 Å². The van der Waals surface area contributed by atoms with Crippen LogP contribution in [0.5, 0.6) is 5.75 Å². The quantitative estimate of drug-likeness (QED) is 0.381. The van der Waals surface area contributed by atoms with E-state index in [2.05, 4.69) is 10.0 Å². The van der Waals surface area contributed by atoms with Gasteiger partial charge in [-0.25, -0.2) is 16.8 Å². The van der Waals surface area contributed by atoms with Gasteiger partial charge in [0.15, 0.2) is 6.61 Å². The molecule has 0 spiro atoms. The van der Waals surface area contributed by atoms with Crippen LogP contribution in [0.3, 0.4) is 0 Å². The molecule has 2 N–H and O–H groups in total. The first kappa shape index (κ1) is 28.6. The monoisotopic (exact) mass is 573 g/mol. The van der Waals surface area contributed by atoms with E-state index in [1.165, 1.54) is 40.7 Å². The third kappa shape index (κ3) is 7.57. The average molecular weight is 574 g/mol. The van der Waals surface area contributed by atoms with Crippen LogP contribution in [0.1, 0.15) is 16.7 Å². The molecule has 0 saturated carbocycles. The van der Waals surface area contributed by atoms with Crippen LogP contribution in [-0.2, 0) is 36.1 Å². The lowest BCUT2D eigenvalue weighted by atomic mass is 10.1. The van der Waals surface area contributed by atoms with Crippen molar-refractivity contribution in [3.05, 3.63) is 83.4 Å². The minimum Gasteiger partial charge on any atom is -0.484 e. The van der Waals surface area contributed by atoms with E-state index in [4.69, 9.17) is 9.47 Å². The topological polar surface area (TPSA) is 131 Å². The Balaban J connectivity index is 1.26. The molecular weight excluding hydrogens is 542 g/mol. The molecule has 3 aromatic rings. The molecule has 0 aliphatic carbocycles. The standard InChI is InChI=1S/C27H31N3O7S2/c1-20-15-21(2)17-23(16-20)29-38(32,33)25-9-5-24(6-10-25)37-19-27(31)28-18-22-3-7-26(8-4-22)39(34,35)30-11-13-36-14-12-30/h3-10,15-17,29H,11-14,18-19H2,1-2H3,(H,28,31). The van der Waals surface area contributed by atoms with Gasteiger partial charge in [-0.1, -0.05) is 18.2 Å². The molecule has 208 valence electrons. The Morgan fingerprint density at radius 1 is 0.872 bits per heavy atom. The molecule has 0 atom stereocenters. The van der Waals surface area contributed by atoms with Gasteiger partial charge in [-0.05, 0) is 79.1 Å². The molecule has 0 bridgehead atoms. The summed E-state index contributed by atoms with van der Waals surface area (Å²) in [5, 5.41) is 2.72. The molecule has 39 heavy (non-hydrogen) atoms. The zero-order chi connectivity index (χ0) is 28.0. The number of sulfonamides is 2. The lowest BCUT2D eigenvalue weighted by Crippen LogP contribution is -2.40. The molecule has 1 saturated heterocycles. The van der Waals surface area contributed by atoms with Crippen molar-refractivity contribution < 1.29 is 31.1 Å². The van der Waals surface area contributed by atoms with Crippen molar-refractivity contribution in [1.82, 2.24) is 9.62 Å². The van der Waals surface area contributed by atoms with Crippen LogP contribution in [0.2, 0.25) is 0 Å². The largest absolute Gasteiger partial charge is 0.484 e. The molecule has 0 radical (unpaired) electrons. The molecule has 3 aromatic carbocycles. The van der Waals surface area contributed by atoms with Crippen molar-refractivity contribution in [3.8, 4) is 5.75 Å². The highest BCUT2D eigenvalue weighted by Gasteiger charge is 2.26. The maximum Gasteiger partial charge on any atom is 0.261 e. The molecule has 4 rings (SSSR count). The molecule has 12 heteroatoms. The maximum absolute atomic E-state index is 12.7. The van der Waals surface area contributed by atoms with Gasteiger partial charge in [0.25, 0.3) is 15.9 Å². The summed E-state index contributed by atoms with van der Waals surface area (Å²) in [6.07, 6.45) is 0. The van der Waals surface area contributed by atoms with Gasteiger partial charge in [0.2, 0.25) is 10.0 Å². The third-order valence-corrected chi connectivity index (χ3v) is 9.31. The molecule has 0 aromatic heterocycles. The molecular formula is C27H31N3O7S2. The predicted molar refractivity (Wildman–Crippen MR) is 147 cm³/mol. The van der Waals surface area contributed by atoms with Crippen LogP contribution in [0, 0.1) is 13.8 Å². The number of carbonyl (C=O) groups is 1. The van der Waals surface area contributed by atoms with Gasteiger partial charge in [-0.15, -0.1) is 0 Å². The zero-order valence-electron chi connectivity index (χ0n) is 21.7. The van der Waals surface area contributed by atoms with Crippen LogP contribution in [0.25, 0.3) is 0 Å². The fraction of sp³-hybridized carbons (Fsp3) is 0.296. The van der Waals surface area contributed by atoms with E-state index >= 15 is 0 Å². The fourth-order valence-electron chi connectivity index (χ4n) is 4.08. The maximum atomic E-state index is 12.7. The van der Waals surface area contributed by atoms with Crippen molar-refractivity contribution in [2.24, 2.45) is 0 Å². The minimum absolute atomic E-state index is 0.0672. The van der Waals surface area contributed by atoms with E-state index in [-0.39, 0.29) is 28.8 Å². The Hall–Kier alpha value is -3.45. The molecule has 1 aliphatic heterocycles. The van der Waals surface area contributed by atoms with Gasteiger partial charge in [0, 0.05) is 25.3 Å². The number of rotatable bonds is 10. The normalized spacial score (nSPS) is 14.5. The fourth-order valence-corrected chi connectivity index (χ4v) is 6.53. The summed E-state index contributed by atoms with van der Waals surface area (Å²) in [6, 6.07) is 17.6. The molecule has 1 fully saturated rings. The number of nitrogens with one attached hydrogen (secondary N) is 2. The van der Waals surface area contributed by atoms with Crippen molar-refractivity contribution in [2.75, 3.05) is 37.6 Å². The Labute approximate surface area is 229 Å². The smallest absolute Gasteiger partial charge is 0.261 e. The summed E-state index contributed by atoms with van der Waals surface area (Å²) in [5.41, 5.74) is 3.11. The SMILES string of the molecule is Cc1cc(C)cc(NS(=O)(=O)c2ccc(OCC(=O)NCc3ccc(S(=O)(=O)N4CCOCC4)cc3)cc2)c1. The summed E-state index contributed by atoms with van der Waals surface area (Å²) < 4.78 is 65.5. The highest BCUT2D eigenvalue weighted by atomic mass is 32.2. The number of carbonyl (C=O) groups excluding carboxylic acids is 1. The number of benzene rings is 3. The van der Waals surface area contributed by atoms with Gasteiger partial charge in [-0.2, -0.15) is 4.31 Å². The van der Waals surface area contributed by atoms with Gasteiger partial charge in [0.05, 0.1) is 23.0 Å². The number of hydrogen-bond acceptors (Lipinski definition) is 7. The predicted octanol–water partition coefficient (Wildman–Crippen LogP) is 2.82. The lowest BCUT2D eigenvalue weighted by Gasteiger charge is -2.26. The molecule has 1 amide bonds. The van der Waals surface area contributed by atoms with E-state index in [9.17, 15) is 21.6 Å². The second-order valence-electron chi connectivity index (χ2n) is 9.18. The van der Waals surface area contributed by atoms with Crippen LogP contribution < -0.4 is 14.8 Å². The van der Waals surface area contributed by atoms with Gasteiger partial charge in [0.1, 0.15) is 5.75 Å². The molecule has 10 nitrogen and oxygen atoms in total. The highest BCUT2D eigenvalue weighted by Crippen LogP contribution is 2.21. The average Bonchev–Trinajstić information content (AvgIpc) is 2.91. The van der Waals surface area contributed by atoms with E-state index in [0.29, 0.717) is 37.7 Å². The summed E-state index contributed by atoms with van der Waals surface area (Å²) in [6.45, 7) is 5.11. The summed E-state index contributed by atoms with van der Waals surface area (Å²) in [7, 11) is -7.36. The Morgan fingerprint density at radius 2 is 1.46 bits per heavy atom. The van der Waals surface area contributed by atoms with Gasteiger partial charge < -0.3 is 14.8 Å². The summed E-state index contributed by atoms with van der Waals surface area (Å²) in [5.74, 6) is -0.0404. The molecule has 1 aliphatic rings. The number of anilines is 1. The van der Waals surface area contributed by atoms with Gasteiger partial charge in [-0.3, -0.25) is 9.52 Å². The van der Waals surface area contributed by atoms with E-state index in [1.807, 2.05) is 19.9 Å². The highest BCUT2D eigenvalue weighted by molar-refractivity contribution is 7.92. The molecule has 1 heterocycles. The summed E-state index contributed by atoms with van der Waals surface area (Å²) >= 11 is 0. The third-order valence-electron chi connectivity index (χ3n) is 6.00. The second kappa shape index (κ2) is 12.2.